The van der Waals surface area contributed by atoms with Crippen molar-refractivity contribution in [2.45, 2.75) is 18.1 Å². The van der Waals surface area contributed by atoms with Gasteiger partial charge in [-0.1, -0.05) is 0 Å². The van der Waals surface area contributed by atoms with Crippen molar-refractivity contribution in [3.8, 4) is 0 Å². The molecule has 0 aromatic carbocycles. The summed E-state index contributed by atoms with van der Waals surface area (Å²) < 4.78 is 28.8. The molecule has 2 rings (SSSR count). The maximum atomic E-state index is 11.9. The third kappa shape index (κ3) is 4.29. The maximum Gasteiger partial charge on any atom is 0.272 e. The molecule has 1 fully saturated rings. The minimum atomic E-state index is -3.49. The van der Waals surface area contributed by atoms with Crippen LogP contribution in [0.3, 0.4) is 0 Å². The highest BCUT2D eigenvalue weighted by Crippen LogP contribution is 2.28. The van der Waals surface area contributed by atoms with Gasteiger partial charge in [0.1, 0.15) is 5.25 Å². The van der Waals surface area contributed by atoms with Crippen LogP contribution >= 0.6 is 24.8 Å². The van der Waals surface area contributed by atoms with E-state index in [1.165, 1.54) is 0 Å². The predicted molar refractivity (Wildman–Crippen MR) is 78.7 cm³/mol. The minimum absolute atomic E-state index is 0. The molecule has 1 aliphatic rings. The molecule has 8 heteroatoms. The lowest BCUT2D eigenvalue weighted by atomic mass is 9.99. The first-order chi connectivity index (χ1) is 8.15. The molecule has 5 nitrogen and oxygen atoms in total. The molecule has 0 saturated carbocycles. The highest BCUT2D eigenvalue weighted by Gasteiger charge is 2.38. The zero-order valence-electron chi connectivity index (χ0n) is 10.5. The molecule has 1 aliphatic heterocycles. The first-order valence-electron chi connectivity index (χ1n) is 5.64. The quantitative estimate of drug-likeness (QED) is 0.845. The number of hydrogen-bond acceptors (Lipinski definition) is 5. The van der Waals surface area contributed by atoms with Crippen LogP contribution in [0.4, 0.5) is 0 Å². The van der Waals surface area contributed by atoms with E-state index in [2.05, 4.69) is 10.3 Å². The average Bonchev–Trinajstić information content (AvgIpc) is 2.79. The Hall–Kier alpha value is -0.400. The van der Waals surface area contributed by atoms with Crippen molar-refractivity contribution in [1.29, 1.82) is 0 Å². The summed E-state index contributed by atoms with van der Waals surface area (Å²) in [6, 6.07) is 3.71. The lowest BCUT2D eigenvalue weighted by molar-refractivity contribution is 0.330. The van der Waals surface area contributed by atoms with Crippen LogP contribution in [0.1, 0.15) is 18.4 Å². The van der Waals surface area contributed by atoms with Crippen molar-refractivity contribution >= 4 is 34.9 Å². The third-order valence-electron chi connectivity index (χ3n) is 2.95. The Bertz CT molecular complexity index is 470. The van der Waals surface area contributed by atoms with Crippen molar-refractivity contribution < 1.29 is 12.6 Å². The molecule has 0 bridgehead atoms. The summed E-state index contributed by atoms with van der Waals surface area (Å²) in [7, 11) is -3.49. The molecule has 0 radical (unpaired) electrons. The molecule has 0 aliphatic carbocycles. The second-order valence-electron chi connectivity index (χ2n) is 3.98. The zero-order chi connectivity index (χ0) is 12.3. The van der Waals surface area contributed by atoms with E-state index < -0.39 is 15.4 Å². The van der Waals surface area contributed by atoms with E-state index in [1.807, 2.05) is 12.1 Å². The van der Waals surface area contributed by atoms with Crippen LogP contribution in [0.5, 0.6) is 0 Å². The molecule has 1 aromatic heterocycles. The molecular weight excluding hydrogens is 311 g/mol. The van der Waals surface area contributed by atoms with E-state index in [0.29, 0.717) is 13.1 Å². The van der Waals surface area contributed by atoms with E-state index in [4.69, 9.17) is 4.18 Å². The molecule has 19 heavy (non-hydrogen) atoms. The molecule has 0 spiro atoms. The summed E-state index contributed by atoms with van der Waals surface area (Å²) in [6.45, 7) is 2.96. The van der Waals surface area contributed by atoms with Crippen LogP contribution in [0.2, 0.25) is 0 Å². The Morgan fingerprint density at radius 3 is 2.53 bits per heavy atom. The number of nitrogens with one attached hydrogen (secondary N) is 1. The van der Waals surface area contributed by atoms with Crippen molar-refractivity contribution in [2.24, 2.45) is 0 Å². The fraction of sp³-hybridized carbons (Fsp3) is 0.545. The summed E-state index contributed by atoms with van der Waals surface area (Å²) in [4.78, 5) is 3.94. The van der Waals surface area contributed by atoms with Crippen molar-refractivity contribution in [3.05, 3.63) is 30.1 Å². The molecule has 1 saturated heterocycles. The summed E-state index contributed by atoms with van der Waals surface area (Å²) >= 11 is 0. The number of pyridine rings is 1. The van der Waals surface area contributed by atoms with Gasteiger partial charge >= 0.3 is 0 Å². The molecule has 2 heterocycles. The number of nitrogens with zero attached hydrogens (tertiary/aromatic N) is 1. The third-order valence-corrected chi connectivity index (χ3v) is 4.75. The smallest absolute Gasteiger partial charge is 0.272 e. The van der Waals surface area contributed by atoms with Gasteiger partial charge in [-0.3, -0.25) is 9.17 Å². The first-order valence-corrected chi connectivity index (χ1v) is 7.11. The summed E-state index contributed by atoms with van der Waals surface area (Å²) in [5, 5.41) is 2.60. The van der Waals surface area contributed by atoms with Gasteiger partial charge in [-0.25, -0.2) is 0 Å². The second-order valence-corrected chi connectivity index (χ2v) is 5.81. The lowest BCUT2D eigenvalue weighted by Gasteiger charge is -2.18. The van der Waals surface area contributed by atoms with Gasteiger partial charge in [0.15, 0.2) is 0 Å². The Morgan fingerprint density at radius 2 is 1.95 bits per heavy atom. The van der Waals surface area contributed by atoms with Gasteiger partial charge in [0, 0.05) is 31.4 Å². The average molecular weight is 329 g/mol. The van der Waals surface area contributed by atoms with E-state index in [-0.39, 0.29) is 37.3 Å². The van der Waals surface area contributed by atoms with Crippen LogP contribution in [0.25, 0.3) is 0 Å². The summed E-state index contributed by atoms with van der Waals surface area (Å²) in [6.07, 6.45) is 3.36. The first kappa shape index (κ1) is 18.6. The fourth-order valence-electron chi connectivity index (χ4n) is 2.15. The van der Waals surface area contributed by atoms with Crippen LogP contribution in [0.15, 0.2) is 24.5 Å². The van der Waals surface area contributed by atoms with Crippen LogP contribution in [-0.4, -0.2) is 38.3 Å². The number of rotatable bonds is 4. The Kier molecular flexibility index (Phi) is 7.85. The van der Waals surface area contributed by atoms with Crippen LogP contribution < -0.4 is 5.32 Å². The van der Waals surface area contributed by atoms with Crippen LogP contribution in [0, 0.1) is 0 Å². The van der Waals surface area contributed by atoms with Crippen molar-refractivity contribution in [3.63, 3.8) is 0 Å². The van der Waals surface area contributed by atoms with Crippen molar-refractivity contribution in [2.75, 3.05) is 19.7 Å². The zero-order valence-corrected chi connectivity index (χ0v) is 12.9. The Labute approximate surface area is 126 Å². The summed E-state index contributed by atoms with van der Waals surface area (Å²) in [5.74, 6) is -0.0606. The molecule has 1 aromatic rings. The van der Waals surface area contributed by atoms with Crippen LogP contribution in [-0.2, 0) is 14.3 Å². The van der Waals surface area contributed by atoms with Gasteiger partial charge in [0.2, 0.25) is 0 Å². The topological polar surface area (TPSA) is 68.3 Å². The predicted octanol–water partition coefficient (Wildman–Crippen LogP) is 1.35. The highest BCUT2D eigenvalue weighted by molar-refractivity contribution is 7.87. The van der Waals surface area contributed by atoms with Crippen molar-refractivity contribution in [1.82, 2.24) is 10.3 Å². The van der Waals surface area contributed by atoms with E-state index in [0.717, 1.165) is 5.56 Å². The van der Waals surface area contributed by atoms with E-state index in [9.17, 15) is 8.42 Å². The van der Waals surface area contributed by atoms with Gasteiger partial charge in [-0.2, -0.15) is 8.42 Å². The van der Waals surface area contributed by atoms with Gasteiger partial charge < -0.3 is 5.32 Å². The van der Waals surface area contributed by atoms with Gasteiger partial charge in [0.25, 0.3) is 10.1 Å². The molecule has 2 atom stereocenters. The van der Waals surface area contributed by atoms with Gasteiger partial charge in [-0.05, 0) is 24.6 Å². The number of halogens is 2. The largest absolute Gasteiger partial charge is 0.315 e. The number of hydrogen-bond donors (Lipinski definition) is 1. The van der Waals surface area contributed by atoms with Gasteiger partial charge in [-0.15, -0.1) is 24.8 Å². The SMILES string of the molecule is CCOS(=O)(=O)C1CNCC1c1ccncc1.Cl.Cl. The second kappa shape index (κ2) is 8.01. The molecule has 0 amide bonds. The molecule has 2 unspecified atom stereocenters. The fourth-order valence-corrected chi connectivity index (χ4v) is 3.63. The van der Waals surface area contributed by atoms with E-state index in [1.54, 1.807) is 19.3 Å². The molecule has 110 valence electrons. The van der Waals surface area contributed by atoms with E-state index >= 15 is 0 Å². The van der Waals surface area contributed by atoms with Gasteiger partial charge in [0.05, 0.1) is 6.61 Å². The monoisotopic (exact) mass is 328 g/mol. The normalized spacial score (nSPS) is 22.4. The molecule has 1 N–H and O–H groups in total. The maximum absolute atomic E-state index is 11.9. The standard InChI is InChI=1S/C11H16N2O3S.2ClH/c1-2-16-17(14,15)11-8-13-7-10(11)9-3-5-12-6-4-9;;/h3-6,10-11,13H,2,7-8H2,1H3;2*1H. The Morgan fingerprint density at radius 1 is 1.32 bits per heavy atom. The number of aromatic nitrogens is 1. The highest BCUT2D eigenvalue weighted by atomic mass is 35.5. The molecular formula is C11H18Cl2N2O3S. The summed E-state index contributed by atoms with van der Waals surface area (Å²) in [5.41, 5.74) is 0.985. The lowest BCUT2D eigenvalue weighted by Crippen LogP contribution is -2.30. The Balaban J connectivity index is 0.00000162. The minimum Gasteiger partial charge on any atom is -0.315 e.